The fourth-order valence-corrected chi connectivity index (χ4v) is 2.92. The molecule has 0 fully saturated rings. The Balaban J connectivity index is 1.92. The summed E-state index contributed by atoms with van der Waals surface area (Å²) in [6.07, 6.45) is 3.30. The molecule has 25 heavy (non-hydrogen) atoms. The maximum absolute atomic E-state index is 12.7. The summed E-state index contributed by atoms with van der Waals surface area (Å²) in [7, 11) is 0. The zero-order valence-electron chi connectivity index (χ0n) is 13.3. The van der Waals surface area contributed by atoms with E-state index in [4.69, 9.17) is 0 Å². The molecule has 1 aliphatic rings. The first-order valence-corrected chi connectivity index (χ1v) is 7.98. The van der Waals surface area contributed by atoms with Crippen molar-refractivity contribution in [3.8, 4) is 0 Å². The van der Waals surface area contributed by atoms with E-state index in [1.54, 1.807) is 18.2 Å². The quantitative estimate of drug-likeness (QED) is 0.537. The van der Waals surface area contributed by atoms with Gasteiger partial charge in [0.1, 0.15) is 0 Å². The molecule has 3 aromatic carbocycles. The van der Waals surface area contributed by atoms with Crippen LogP contribution in [0.2, 0.25) is 0 Å². The van der Waals surface area contributed by atoms with Crippen molar-refractivity contribution in [2.24, 2.45) is 0 Å². The summed E-state index contributed by atoms with van der Waals surface area (Å²) in [5.74, 6) is -1.04. The minimum absolute atomic E-state index is 0.427. The van der Waals surface area contributed by atoms with Crippen LogP contribution in [0.15, 0.2) is 84.9 Å². The lowest BCUT2D eigenvalue weighted by molar-refractivity contribution is -0.113. The molecule has 0 saturated carbocycles. The standard InChI is InChI=1S/C22H14NO2/c24-21-18-13-7-8-14-19(18)23(22(21)25)20(17-11-5-2-6-12-17)15-16-9-3-1-4-10-16/h1-14H. The van der Waals surface area contributed by atoms with E-state index in [-0.39, 0.29) is 0 Å². The Hall–Kier alpha value is -3.46. The number of fused-ring (bicyclic) bond motifs is 1. The SMILES string of the molecule is O=C1C(=O)N(C(=[C]c2ccccc2)c2ccccc2)c2ccccc21. The molecular formula is C22H14NO2. The number of carbonyl (C=O) groups excluding carboxylic acids is 2. The third kappa shape index (κ3) is 2.66. The Morgan fingerprint density at radius 2 is 1.32 bits per heavy atom. The summed E-state index contributed by atoms with van der Waals surface area (Å²) >= 11 is 0. The second kappa shape index (κ2) is 6.21. The minimum atomic E-state index is -0.552. The zero-order chi connectivity index (χ0) is 17.2. The second-order valence-corrected chi connectivity index (χ2v) is 5.69. The number of Topliss-reactive ketones (excluding diaryl/α,β-unsaturated/α-hetero) is 1. The monoisotopic (exact) mass is 324 g/mol. The van der Waals surface area contributed by atoms with Crippen molar-refractivity contribution in [2.75, 3.05) is 4.90 Å². The van der Waals surface area contributed by atoms with Crippen molar-refractivity contribution in [3.05, 3.63) is 108 Å². The van der Waals surface area contributed by atoms with Gasteiger partial charge in [0.25, 0.3) is 5.78 Å². The van der Waals surface area contributed by atoms with Gasteiger partial charge in [0.15, 0.2) is 0 Å². The van der Waals surface area contributed by atoms with E-state index in [9.17, 15) is 9.59 Å². The Kier molecular flexibility index (Phi) is 3.75. The highest BCUT2D eigenvalue weighted by molar-refractivity contribution is 6.54. The van der Waals surface area contributed by atoms with E-state index in [0.717, 1.165) is 11.1 Å². The van der Waals surface area contributed by atoms with Gasteiger partial charge in [0, 0.05) is 6.08 Å². The number of hydrogen-bond donors (Lipinski definition) is 0. The van der Waals surface area contributed by atoms with Crippen LogP contribution in [-0.4, -0.2) is 11.7 Å². The summed E-state index contributed by atoms with van der Waals surface area (Å²) in [6, 6.07) is 26.2. The highest BCUT2D eigenvalue weighted by Gasteiger charge is 2.37. The third-order valence-corrected chi connectivity index (χ3v) is 4.09. The Bertz CT molecular complexity index is 975. The van der Waals surface area contributed by atoms with E-state index in [1.807, 2.05) is 66.7 Å². The molecule has 0 aliphatic carbocycles. The number of nitrogens with zero attached hydrogens (tertiary/aromatic N) is 1. The van der Waals surface area contributed by atoms with Crippen molar-refractivity contribution in [1.29, 1.82) is 0 Å². The van der Waals surface area contributed by atoms with E-state index in [1.165, 1.54) is 4.90 Å². The minimum Gasteiger partial charge on any atom is -0.283 e. The molecule has 3 heteroatoms. The van der Waals surface area contributed by atoms with E-state index >= 15 is 0 Å². The van der Waals surface area contributed by atoms with Crippen molar-refractivity contribution < 1.29 is 9.59 Å². The molecule has 1 aliphatic heterocycles. The van der Waals surface area contributed by atoms with Gasteiger partial charge in [-0.1, -0.05) is 72.8 Å². The number of benzene rings is 3. The van der Waals surface area contributed by atoms with Crippen molar-refractivity contribution in [2.45, 2.75) is 0 Å². The smallest absolute Gasteiger partial charge is 0.283 e. The predicted molar refractivity (Wildman–Crippen MR) is 96.9 cm³/mol. The lowest BCUT2D eigenvalue weighted by Crippen LogP contribution is -2.28. The topological polar surface area (TPSA) is 37.4 Å². The number of hydrogen-bond acceptors (Lipinski definition) is 2. The molecule has 0 N–H and O–H groups in total. The van der Waals surface area contributed by atoms with Gasteiger partial charge in [0.05, 0.1) is 16.9 Å². The largest absolute Gasteiger partial charge is 0.304 e. The fourth-order valence-electron chi connectivity index (χ4n) is 2.92. The van der Waals surface area contributed by atoms with Gasteiger partial charge in [-0.25, -0.2) is 0 Å². The molecule has 0 spiro atoms. The Labute approximate surface area is 145 Å². The zero-order valence-corrected chi connectivity index (χ0v) is 13.3. The number of ketones is 1. The van der Waals surface area contributed by atoms with Crippen LogP contribution in [0.5, 0.6) is 0 Å². The molecule has 0 unspecified atom stereocenters. The average Bonchev–Trinajstić information content (AvgIpc) is 2.93. The van der Waals surface area contributed by atoms with Gasteiger partial charge in [-0.3, -0.25) is 14.5 Å². The normalized spacial score (nSPS) is 13.9. The van der Waals surface area contributed by atoms with E-state index in [0.29, 0.717) is 16.9 Å². The molecule has 0 bridgehead atoms. The molecule has 0 saturated heterocycles. The van der Waals surface area contributed by atoms with Crippen molar-refractivity contribution in [1.82, 2.24) is 0 Å². The van der Waals surface area contributed by atoms with Gasteiger partial charge < -0.3 is 0 Å². The van der Waals surface area contributed by atoms with E-state index < -0.39 is 11.7 Å². The maximum Gasteiger partial charge on any atom is 0.304 e. The number of para-hydroxylation sites is 1. The molecule has 3 nitrogen and oxygen atoms in total. The Morgan fingerprint density at radius 3 is 2.04 bits per heavy atom. The molecular weight excluding hydrogens is 310 g/mol. The summed E-state index contributed by atoms with van der Waals surface area (Å²) in [5.41, 5.74) is 3.25. The van der Waals surface area contributed by atoms with Crippen molar-refractivity contribution in [3.63, 3.8) is 0 Å². The van der Waals surface area contributed by atoms with Gasteiger partial charge in [-0.05, 0) is 23.3 Å². The highest BCUT2D eigenvalue weighted by Crippen LogP contribution is 2.35. The lowest BCUT2D eigenvalue weighted by Gasteiger charge is -2.20. The maximum atomic E-state index is 12.7. The molecule has 1 radical (unpaired) electrons. The van der Waals surface area contributed by atoms with Crippen LogP contribution in [0.4, 0.5) is 5.69 Å². The van der Waals surface area contributed by atoms with Crippen LogP contribution in [0.3, 0.4) is 0 Å². The summed E-state index contributed by atoms with van der Waals surface area (Å²) in [5, 5.41) is 0. The first-order chi connectivity index (χ1) is 12.3. The molecule has 3 aromatic rings. The first-order valence-electron chi connectivity index (χ1n) is 7.98. The average molecular weight is 324 g/mol. The molecule has 1 heterocycles. The highest BCUT2D eigenvalue weighted by atomic mass is 16.2. The van der Waals surface area contributed by atoms with Crippen LogP contribution in [-0.2, 0) is 4.79 Å². The molecule has 0 atom stereocenters. The van der Waals surface area contributed by atoms with Gasteiger partial charge >= 0.3 is 5.91 Å². The van der Waals surface area contributed by atoms with Crippen LogP contribution in [0, 0.1) is 6.08 Å². The van der Waals surface area contributed by atoms with Crippen LogP contribution >= 0.6 is 0 Å². The van der Waals surface area contributed by atoms with E-state index in [2.05, 4.69) is 6.08 Å². The number of rotatable bonds is 3. The molecule has 1 amide bonds. The summed E-state index contributed by atoms with van der Waals surface area (Å²) in [4.78, 5) is 26.5. The Morgan fingerprint density at radius 1 is 0.720 bits per heavy atom. The summed E-state index contributed by atoms with van der Waals surface area (Å²) in [6.45, 7) is 0. The first kappa shape index (κ1) is 15.1. The predicted octanol–water partition coefficient (Wildman–Crippen LogP) is 4.11. The van der Waals surface area contributed by atoms with Gasteiger partial charge in [0.2, 0.25) is 0 Å². The van der Waals surface area contributed by atoms with Crippen LogP contribution in [0.1, 0.15) is 21.5 Å². The van der Waals surface area contributed by atoms with Gasteiger partial charge in [-0.15, -0.1) is 0 Å². The van der Waals surface area contributed by atoms with Crippen LogP contribution in [0.25, 0.3) is 5.70 Å². The van der Waals surface area contributed by atoms with Crippen molar-refractivity contribution >= 4 is 23.1 Å². The lowest BCUT2D eigenvalue weighted by atomic mass is 10.1. The molecule has 119 valence electrons. The fraction of sp³-hybridized carbons (Fsp3) is 0. The van der Waals surface area contributed by atoms with Gasteiger partial charge in [-0.2, -0.15) is 0 Å². The molecule has 4 rings (SSSR count). The van der Waals surface area contributed by atoms with Crippen LogP contribution < -0.4 is 4.90 Å². The number of anilines is 1. The molecule has 0 aromatic heterocycles. The second-order valence-electron chi connectivity index (χ2n) is 5.69. The summed E-state index contributed by atoms with van der Waals surface area (Å²) < 4.78 is 0. The number of amides is 1. The number of carbonyl (C=O) groups is 2. The third-order valence-electron chi connectivity index (χ3n) is 4.09.